The van der Waals surface area contributed by atoms with Crippen LogP contribution < -0.4 is 5.32 Å². The van der Waals surface area contributed by atoms with Gasteiger partial charge in [-0.15, -0.1) is 0 Å². The van der Waals surface area contributed by atoms with E-state index in [1.54, 1.807) is 19.0 Å². The third-order valence-corrected chi connectivity index (χ3v) is 3.76. The summed E-state index contributed by atoms with van der Waals surface area (Å²) >= 11 is 0. The van der Waals surface area contributed by atoms with E-state index in [1.165, 1.54) is 10.5 Å². The third kappa shape index (κ3) is 3.17. The smallest absolute Gasteiger partial charge is 0.320 e. The van der Waals surface area contributed by atoms with Crippen molar-refractivity contribution in [3.05, 3.63) is 35.4 Å². The number of hydrogen-bond donors (Lipinski definition) is 1. The van der Waals surface area contributed by atoms with Crippen molar-refractivity contribution in [1.82, 2.24) is 15.1 Å². The number of nitrogens with one attached hydrogen (secondary N) is 1. The number of hydrogen-bond acceptors (Lipinski definition) is 2. The molecule has 0 aromatic heterocycles. The minimum Gasteiger partial charge on any atom is -0.352 e. The second-order valence-electron chi connectivity index (χ2n) is 5.89. The lowest BCUT2D eigenvalue weighted by Crippen LogP contribution is -2.54. The van der Waals surface area contributed by atoms with Gasteiger partial charge in [-0.3, -0.25) is 4.79 Å². The standard InChI is InChI=1S/C16H23N3O2/c1-11(2)12-5-7-13(8-6-12)14-15(20)17-9-10-19(14)16(21)18(3)4/h5-8,11,14H,9-10H2,1-4H3,(H,17,20). The van der Waals surface area contributed by atoms with Crippen molar-refractivity contribution >= 4 is 11.9 Å². The van der Waals surface area contributed by atoms with Crippen LogP contribution in [0.1, 0.15) is 36.9 Å². The maximum atomic E-state index is 12.3. The molecule has 0 radical (unpaired) electrons. The normalized spacial score (nSPS) is 18.6. The molecule has 114 valence electrons. The van der Waals surface area contributed by atoms with Crippen molar-refractivity contribution in [1.29, 1.82) is 0 Å². The quantitative estimate of drug-likeness (QED) is 0.905. The van der Waals surface area contributed by atoms with Gasteiger partial charge in [-0.25, -0.2) is 4.79 Å². The van der Waals surface area contributed by atoms with Crippen LogP contribution in [0.2, 0.25) is 0 Å². The molecule has 1 aromatic rings. The zero-order chi connectivity index (χ0) is 15.6. The molecule has 1 aromatic carbocycles. The molecule has 1 heterocycles. The molecule has 2 rings (SSSR count). The van der Waals surface area contributed by atoms with Crippen LogP contribution in [0.4, 0.5) is 4.79 Å². The van der Waals surface area contributed by atoms with Crippen molar-refractivity contribution in [3.8, 4) is 0 Å². The Balaban J connectivity index is 2.31. The van der Waals surface area contributed by atoms with Crippen molar-refractivity contribution in [3.63, 3.8) is 0 Å². The van der Waals surface area contributed by atoms with Gasteiger partial charge in [0, 0.05) is 27.2 Å². The van der Waals surface area contributed by atoms with Gasteiger partial charge in [-0.1, -0.05) is 38.1 Å². The van der Waals surface area contributed by atoms with Gasteiger partial charge in [-0.05, 0) is 17.0 Å². The third-order valence-electron chi connectivity index (χ3n) is 3.76. The Hall–Kier alpha value is -2.04. The summed E-state index contributed by atoms with van der Waals surface area (Å²) in [6.45, 7) is 5.28. The van der Waals surface area contributed by atoms with Crippen LogP contribution in [0.15, 0.2) is 24.3 Å². The summed E-state index contributed by atoms with van der Waals surface area (Å²) in [6, 6.07) is 7.26. The molecular weight excluding hydrogens is 266 g/mol. The zero-order valence-electron chi connectivity index (χ0n) is 13.1. The van der Waals surface area contributed by atoms with Crippen molar-refractivity contribution in [2.45, 2.75) is 25.8 Å². The average molecular weight is 289 g/mol. The summed E-state index contributed by atoms with van der Waals surface area (Å²) in [7, 11) is 3.40. The van der Waals surface area contributed by atoms with Crippen LogP contribution in [0.25, 0.3) is 0 Å². The Morgan fingerprint density at radius 3 is 2.43 bits per heavy atom. The average Bonchev–Trinajstić information content (AvgIpc) is 2.46. The SMILES string of the molecule is CC(C)c1ccc(C2C(=O)NCCN2C(=O)N(C)C)cc1. The topological polar surface area (TPSA) is 52.7 Å². The largest absolute Gasteiger partial charge is 0.352 e. The van der Waals surface area contributed by atoms with E-state index in [1.807, 2.05) is 24.3 Å². The van der Waals surface area contributed by atoms with Crippen LogP contribution in [-0.4, -0.2) is 48.9 Å². The zero-order valence-corrected chi connectivity index (χ0v) is 13.1. The molecule has 0 spiro atoms. The summed E-state index contributed by atoms with van der Waals surface area (Å²) in [6.07, 6.45) is 0. The molecule has 5 nitrogen and oxygen atoms in total. The monoisotopic (exact) mass is 289 g/mol. The van der Waals surface area contributed by atoms with Crippen LogP contribution in [-0.2, 0) is 4.79 Å². The van der Waals surface area contributed by atoms with E-state index in [2.05, 4.69) is 19.2 Å². The van der Waals surface area contributed by atoms with E-state index in [0.717, 1.165) is 5.56 Å². The van der Waals surface area contributed by atoms with Gasteiger partial charge in [0.2, 0.25) is 5.91 Å². The molecule has 21 heavy (non-hydrogen) atoms. The van der Waals surface area contributed by atoms with Crippen LogP contribution >= 0.6 is 0 Å². The van der Waals surface area contributed by atoms with Crippen molar-refractivity contribution < 1.29 is 9.59 Å². The molecule has 0 bridgehead atoms. The number of rotatable bonds is 2. The maximum absolute atomic E-state index is 12.3. The molecule has 1 aliphatic rings. The molecule has 1 atom stereocenters. The first-order valence-electron chi connectivity index (χ1n) is 7.27. The lowest BCUT2D eigenvalue weighted by atomic mass is 9.97. The van der Waals surface area contributed by atoms with Gasteiger partial charge in [0.25, 0.3) is 0 Å². The first-order chi connectivity index (χ1) is 9.91. The molecule has 1 saturated heterocycles. The second-order valence-corrected chi connectivity index (χ2v) is 5.89. The molecule has 1 aliphatic heterocycles. The molecule has 0 saturated carbocycles. The fourth-order valence-electron chi connectivity index (χ4n) is 2.52. The van der Waals surface area contributed by atoms with E-state index in [4.69, 9.17) is 0 Å². The molecular formula is C16H23N3O2. The first-order valence-corrected chi connectivity index (χ1v) is 7.27. The summed E-state index contributed by atoms with van der Waals surface area (Å²) in [5.74, 6) is 0.326. The highest BCUT2D eigenvalue weighted by Crippen LogP contribution is 2.26. The molecule has 0 aliphatic carbocycles. The Labute approximate surface area is 125 Å². The lowest BCUT2D eigenvalue weighted by molar-refractivity contribution is -0.128. The summed E-state index contributed by atoms with van der Waals surface area (Å²) < 4.78 is 0. The molecule has 1 unspecified atom stereocenters. The highest BCUT2D eigenvalue weighted by molar-refractivity contribution is 5.89. The van der Waals surface area contributed by atoms with E-state index in [0.29, 0.717) is 19.0 Å². The van der Waals surface area contributed by atoms with Crippen molar-refractivity contribution in [2.24, 2.45) is 0 Å². The maximum Gasteiger partial charge on any atom is 0.320 e. The number of piperazine rings is 1. The first kappa shape index (κ1) is 15.4. The summed E-state index contributed by atoms with van der Waals surface area (Å²) in [5, 5.41) is 2.84. The van der Waals surface area contributed by atoms with Crippen molar-refractivity contribution in [2.75, 3.05) is 27.2 Å². The number of benzene rings is 1. The van der Waals surface area contributed by atoms with Crippen LogP contribution in [0, 0.1) is 0 Å². The number of amides is 3. The van der Waals surface area contributed by atoms with Crippen LogP contribution in [0.5, 0.6) is 0 Å². The Morgan fingerprint density at radius 2 is 1.90 bits per heavy atom. The fraction of sp³-hybridized carbons (Fsp3) is 0.500. The lowest BCUT2D eigenvalue weighted by Gasteiger charge is -2.36. The van der Waals surface area contributed by atoms with E-state index in [-0.39, 0.29) is 11.9 Å². The Morgan fingerprint density at radius 1 is 1.29 bits per heavy atom. The fourth-order valence-corrected chi connectivity index (χ4v) is 2.52. The molecule has 5 heteroatoms. The number of carbonyl (C=O) groups is 2. The van der Waals surface area contributed by atoms with E-state index >= 15 is 0 Å². The van der Waals surface area contributed by atoms with Gasteiger partial charge in [-0.2, -0.15) is 0 Å². The predicted octanol–water partition coefficient (Wildman–Crippen LogP) is 1.96. The minimum absolute atomic E-state index is 0.117. The Kier molecular flexibility index (Phi) is 4.50. The summed E-state index contributed by atoms with van der Waals surface area (Å²) in [5.41, 5.74) is 2.08. The minimum atomic E-state index is -0.546. The summed E-state index contributed by atoms with van der Waals surface area (Å²) in [4.78, 5) is 27.6. The highest BCUT2D eigenvalue weighted by Gasteiger charge is 2.34. The molecule has 1 fully saturated rings. The van der Waals surface area contributed by atoms with Gasteiger partial charge in [0.1, 0.15) is 6.04 Å². The number of carbonyl (C=O) groups excluding carboxylic acids is 2. The Bertz CT molecular complexity index is 523. The van der Waals surface area contributed by atoms with Gasteiger partial charge < -0.3 is 15.1 Å². The predicted molar refractivity (Wildman–Crippen MR) is 82.1 cm³/mol. The number of nitrogens with zero attached hydrogens (tertiary/aromatic N) is 2. The van der Waals surface area contributed by atoms with E-state index in [9.17, 15) is 9.59 Å². The molecule has 3 amide bonds. The second kappa shape index (κ2) is 6.16. The molecule has 1 N–H and O–H groups in total. The van der Waals surface area contributed by atoms with Crippen LogP contribution in [0.3, 0.4) is 0 Å². The van der Waals surface area contributed by atoms with E-state index < -0.39 is 6.04 Å². The number of urea groups is 1. The van der Waals surface area contributed by atoms with Gasteiger partial charge >= 0.3 is 6.03 Å². The highest BCUT2D eigenvalue weighted by atomic mass is 16.2. The van der Waals surface area contributed by atoms with Gasteiger partial charge in [0.15, 0.2) is 0 Å². The van der Waals surface area contributed by atoms with Gasteiger partial charge in [0.05, 0.1) is 0 Å².